The lowest BCUT2D eigenvalue weighted by atomic mass is 10.2. The molecule has 0 bridgehead atoms. The van der Waals surface area contributed by atoms with E-state index in [1.807, 2.05) is 19.1 Å². The van der Waals surface area contributed by atoms with E-state index in [1.54, 1.807) is 32.4 Å². The molecule has 0 saturated heterocycles. The van der Waals surface area contributed by atoms with Crippen LogP contribution in [0.5, 0.6) is 0 Å². The minimum absolute atomic E-state index is 0.199. The zero-order valence-corrected chi connectivity index (χ0v) is 13.5. The number of aryl methyl sites for hydroxylation is 1. The molecule has 0 aliphatic rings. The summed E-state index contributed by atoms with van der Waals surface area (Å²) < 4.78 is 1.49. The SMILES string of the molecule is CCCNC(=O)[C@H](C)NC(=O)c1cc(-c2cccnc2)nn1C. The van der Waals surface area contributed by atoms with Gasteiger partial charge >= 0.3 is 0 Å². The van der Waals surface area contributed by atoms with Gasteiger partial charge < -0.3 is 10.6 Å². The predicted molar refractivity (Wildman–Crippen MR) is 86.7 cm³/mol. The van der Waals surface area contributed by atoms with E-state index < -0.39 is 6.04 Å². The molecule has 2 heterocycles. The van der Waals surface area contributed by atoms with Crippen molar-refractivity contribution in [1.82, 2.24) is 25.4 Å². The maximum atomic E-state index is 12.3. The third-order valence-corrected chi connectivity index (χ3v) is 3.36. The number of nitrogens with zero attached hydrogens (tertiary/aromatic N) is 3. The first-order valence-corrected chi connectivity index (χ1v) is 7.56. The Balaban J connectivity index is 2.08. The van der Waals surface area contributed by atoms with Crippen LogP contribution in [0.15, 0.2) is 30.6 Å². The third kappa shape index (κ3) is 4.15. The quantitative estimate of drug-likeness (QED) is 0.836. The van der Waals surface area contributed by atoms with Crippen molar-refractivity contribution in [2.75, 3.05) is 6.54 Å². The third-order valence-electron chi connectivity index (χ3n) is 3.36. The molecule has 0 radical (unpaired) electrons. The zero-order chi connectivity index (χ0) is 16.8. The topological polar surface area (TPSA) is 88.9 Å². The van der Waals surface area contributed by atoms with Crippen LogP contribution in [0.3, 0.4) is 0 Å². The standard InChI is InChI=1S/C16H21N5O2/c1-4-7-18-15(22)11(2)19-16(23)14-9-13(20-21(14)3)12-6-5-8-17-10-12/h5-6,8-11H,4,7H2,1-3H3,(H,18,22)(H,19,23)/t11-/m0/s1. The van der Waals surface area contributed by atoms with E-state index >= 15 is 0 Å². The number of nitrogens with one attached hydrogen (secondary N) is 2. The van der Waals surface area contributed by atoms with E-state index in [0.29, 0.717) is 17.9 Å². The Hall–Kier alpha value is -2.70. The summed E-state index contributed by atoms with van der Waals surface area (Å²) in [6.07, 6.45) is 4.21. The highest BCUT2D eigenvalue weighted by atomic mass is 16.2. The minimum Gasteiger partial charge on any atom is -0.354 e. The first-order chi connectivity index (χ1) is 11.0. The van der Waals surface area contributed by atoms with Gasteiger partial charge in [-0.15, -0.1) is 0 Å². The van der Waals surface area contributed by atoms with E-state index in [2.05, 4.69) is 20.7 Å². The lowest BCUT2D eigenvalue weighted by Crippen LogP contribution is -2.45. The highest BCUT2D eigenvalue weighted by molar-refractivity contribution is 5.97. The summed E-state index contributed by atoms with van der Waals surface area (Å²) >= 11 is 0. The molecule has 7 nitrogen and oxygen atoms in total. The number of rotatable bonds is 6. The highest BCUT2D eigenvalue weighted by Crippen LogP contribution is 2.17. The molecule has 2 aromatic rings. The number of carbonyl (C=O) groups is 2. The summed E-state index contributed by atoms with van der Waals surface area (Å²) in [4.78, 5) is 28.2. The number of carbonyl (C=O) groups excluding carboxylic acids is 2. The summed E-state index contributed by atoms with van der Waals surface area (Å²) in [5.74, 6) is -0.538. The monoisotopic (exact) mass is 315 g/mol. The molecule has 2 amide bonds. The fourth-order valence-corrected chi connectivity index (χ4v) is 2.07. The second-order valence-electron chi connectivity index (χ2n) is 5.27. The maximum Gasteiger partial charge on any atom is 0.270 e. The van der Waals surface area contributed by atoms with Crippen LogP contribution in [0, 0.1) is 0 Å². The van der Waals surface area contributed by atoms with Crippen LogP contribution < -0.4 is 10.6 Å². The lowest BCUT2D eigenvalue weighted by Gasteiger charge is -2.13. The normalized spacial score (nSPS) is 11.8. The summed E-state index contributed by atoms with van der Waals surface area (Å²) in [6.45, 7) is 4.22. The van der Waals surface area contributed by atoms with Crippen molar-refractivity contribution >= 4 is 11.8 Å². The number of aromatic nitrogens is 3. The van der Waals surface area contributed by atoms with Crippen LogP contribution in [0.25, 0.3) is 11.3 Å². The molecule has 0 spiro atoms. The molecule has 2 N–H and O–H groups in total. The van der Waals surface area contributed by atoms with Gasteiger partial charge in [-0.25, -0.2) is 0 Å². The maximum absolute atomic E-state index is 12.3. The Morgan fingerprint density at radius 3 is 2.83 bits per heavy atom. The second kappa shape index (κ2) is 7.53. The summed E-state index contributed by atoms with van der Waals surface area (Å²) in [7, 11) is 1.69. The van der Waals surface area contributed by atoms with Gasteiger partial charge in [0.05, 0.1) is 5.69 Å². The van der Waals surface area contributed by atoms with Gasteiger partial charge in [-0.1, -0.05) is 6.92 Å². The minimum atomic E-state index is -0.606. The Morgan fingerprint density at radius 2 is 2.17 bits per heavy atom. The first-order valence-electron chi connectivity index (χ1n) is 7.56. The first kappa shape index (κ1) is 16.7. The molecule has 0 saturated carbocycles. The number of hydrogen-bond acceptors (Lipinski definition) is 4. The Morgan fingerprint density at radius 1 is 1.39 bits per heavy atom. The van der Waals surface area contributed by atoms with E-state index in [4.69, 9.17) is 0 Å². The van der Waals surface area contributed by atoms with Gasteiger partial charge in [0.25, 0.3) is 5.91 Å². The summed E-state index contributed by atoms with van der Waals surface area (Å²) in [5, 5.41) is 9.75. The molecule has 1 atom stereocenters. The van der Waals surface area contributed by atoms with Crippen molar-refractivity contribution < 1.29 is 9.59 Å². The number of pyridine rings is 1. The Labute approximate surface area is 135 Å². The molecule has 122 valence electrons. The van der Waals surface area contributed by atoms with Crippen molar-refractivity contribution in [3.05, 3.63) is 36.3 Å². The summed E-state index contributed by atoms with van der Waals surface area (Å²) in [6, 6.07) is 4.76. The van der Waals surface area contributed by atoms with Gasteiger partial charge in [0.1, 0.15) is 11.7 Å². The fourth-order valence-electron chi connectivity index (χ4n) is 2.07. The van der Waals surface area contributed by atoms with Crippen molar-refractivity contribution in [3.8, 4) is 11.3 Å². The highest BCUT2D eigenvalue weighted by Gasteiger charge is 2.19. The Kier molecular flexibility index (Phi) is 5.46. The van der Waals surface area contributed by atoms with E-state index in [9.17, 15) is 9.59 Å². The molecule has 2 aromatic heterocycles. The molecular weight excluding hydrogens is 294 g/mol. The van der Waals surface area contributed by atoms with Gasteiger partial charge in [-0.05, 0) is 31.5 Å². The van der Waals surface area contributed by atoms with Crippen LogP contribution in [-0.2, 0) is 11.8 Å². The van der Waals surface area contributed by atoms with E-state index in [-0.39, 0.29) is 11.8 Å². The molecule has 0 aliphatic heterocycles. The predicted octanol–water partition coefficient (Wildman–Crippen LogP) is 1.13. The molecule has 0 unspecified atom stereocenters. The summed E-state index contributed by atoms with van der Waals surface area (Å²) in [5.41, 5.74) is 1.88. The smallest absolute Gasteiger partial charge is 0.270 e. The van der Waals surface area contributed by atoms with Crippen molar-refractivity contribution in [2.45, 2.75) is 26.3 Å². The molecule has 0 aliphatic carbocycles. The molecule has 0 fully saturated rings. The van der Waals surface area contributed by atoms with Crippen LogP contribution in [0.4, 0.5) is 0 Å². The van der Waals surface area contributed by atoms with Gasteiger partial charge in [0, 0.05) is 31.5 Å². The largest absolute Gasteiger partial charge is 0.354 e. The molecule has 23 heavy (non-hydrogen) atoms. The second-order valence-corrected chi connectivity index (χ2v) is 5.27. The van der Waals surface area contributed by atoms with E-state index in [1.165, 1.54) is 4.68 Å². The van der Waals surface area contributed by atoms with Crippen LogP contribution in [0.2, 0.25) is 0 Å². The molecule has 7 heteroatoms. The Bertz CT molecular complexity index is 681. The number of hydrogen-bond donors (Lipinski definition) is 2. The van der Waals surface area contributed by atoms with Gasteiger partial charge in [-0.3, -0.25) is 19.3 Å². The lowest BCUT2D eigenvalue weighted by molar-refractivity contribution is -0.122. The van der Waals surface area contributed by atoms with Crippen LogP contribution >= 0.6 is 0 Å². The van der Waals surface area contributed by atoms with Crippen molar-refractivity contribution in [3.63, 3.8) is 0 Å². The van der Waals surface area contributed by atoms with Crippen molar-refractivity contribution in [2.24, 2.45) is 7.05 Å². The van der Waals surface area contributed by atoms with Gasteiger partial charge in [-0.2, -0.15) is 5.10 Å². The number of amides is 2. The van der Waals surface area contributed by atoms with Crippen LogP contribution in [-0.4, -0.2) is 39.2 Å². The van der Waals surface area contributed by atoms with Gasteiger partial charge in [0.2, 0.25) is 5.91 Å². The molecular formula is C16H21N5O2. The van der Waals surface area contributed by atoms with Crippen LogP contribution in [0.1, 0.15) is 30.8 Å². The molecule has 0 aromatic carbocycles. The average molecular weight is 315 g/mol. The molecule has 2 rings (SSSR count). The van der Waals surface area contributed by atoms with Crippen molar-refractivity contribution in [1.29, 1.82) is 0 Å². The zero-order valence-electron chi connectivity index (χ0n) is 13.5. The average Bonchev–Trinajstić information content (AvgIpc) is 2.95. The fraction of sp³-hybridized carbons (Fsp3) is 0.375. The van der Waals surface area contributed by atoms with E-state index in [0.717, 1.165) is 12.0 Å². The van der Waals surface area contributed by atoms with Gasteiger partial charge in [0.15, 0.2) is 0 Å².